The summed E-state index contributed by atoms with van der Waals surface area (Å²) in [6.07, 6.45) is 0.146. The van der Waals surface area contributed by atoms with Crippen molar-refractivity contribution >= 4 is 33.5 Å². The second-order valence-corrected chi connectivity index (χ2v) is 9.93. The van der Waals surface area contributed by atoms with Crippen molar-refractivity contribution in [1.29, 1.82) is 0 Å². The monoisotopic (exact) mass is 436 g/mol. The molecular weight excluding hydrogens is 412 g/mol. The summed E-state index contributed by atoms with van der Waals surface area (Å²) in [5, 5.41) is 7.48. The maximum Gasteiger partial charge on any atom is 0.322 e. The van der Waals surface area contributed by atoms with Gasteiger partial charge < -0.3 is 15.4 Å². The Bertz CT molecular complexity index is 983. The SMILES string of the molecule is COc1ccc(C(CC(=O)N=S2(=O)CCC3(CC2)NC(=O)NC3=O)NC(C)=O)cc1. The fraction of sp³-hybridized carbons (Fsp3) is 0.474. The van der Waals surface area contributed by atoms with Gasteiger partial charge in [-0.1, -0.05) is 12.1 Å². The van der Waals surface area contributed by atoms with E-state index in [0.717, 1.165) is 0 Å². The molecule has 5 amide bonds. The third kappa shape index (κ3) is 4.78. The van der Waals surface area contributed by atoms with E-state index in [4.69, 9.17) is 4.74 Å². The summed E-state index contributed by atoms with van der Waals surface area (Å²) in [6.45, 7) is 1.35. The number of amides is 5. The van der Waals surface area contributed by atoms with Gasteiger partial charge in [0.2, 0.25) is 5.91 Å². The summed E-state index contributed by atoms with van der Waals surface area (Å²) in [6, 6.07) is 5.71. The largest absolute Gasteiger partial charge is 0.497 e. The number of urea groups is 1. The minimum Gasteiger partial charge on any atom is -0.497 e. The van der Waals surface area contributed by atoms with Crippen LogP contribution in [0, 0.1) is 0 Å². The third-order valence-electron chi connectivity index (χ3n) is 5.25. The van der Waals surface area contributed by atoms with Crippen LogP contribution in [0.1, 0.15) is 37.8 Å². The number of carbonyl (C=O) groups excluding carboxylic acids is 4. The smallest absolute Gasteiger partial charge is 0.322 e. The van der Waals surface area contributed by atoms with E-state index in [1.165, 1.54) is 14.0 Å². The number of hydrogen-bond acceptors (Lipinski definition) is 6. The highest BCUT2D eigenvalue weighted by atomic mass is 32.2. The van der Waals surface area contributed by atoms with Crippen LogP contribution in [0.5, 0.6) is 5.75 Å². The lowest BCUT2D eigenvalue weighted by atomic mass is 9.93. The van der Waals surface area contributed by atoms with Crippen LogP contribution in [0.2, 0.25) is 0 Å². The highest BCUT2D eigenvalue weighted by Gasteiger charge is 2.49. The van der Waals surface area contributed by atoms with Crippen molar-refractivity contribution in [3.05, 3.63) is 29.8 Å². The van der Waals surface area contributed by atoms with Crippen LogP contribution >= 0.6 is 0 Å². The molecule has 1 atom stereocenters. The summed E-state index contributed by atoms with van der Waals surface area (Å²) >= 11 is 0. The molecule has 2 saturated heterocycles. The molecule has 0 radical (unpaired) electrons. The molecule has 2 heterocycles. The van der Waals surface area contributed by atoms with Crippen LogP contribution in [0.15, 0.2) is 28.6 Å². The first-order valence-electron chi connectivity index (χ1n) is 9.45. The van der Waals surface area contributed by atoms with E-state index in [1.807, 2.05) is 0 Å². The molecule has 1 aromatic rings. The van der Waals surface area contributed by atoms with Crippen LogP contribution in [-0.4, -0.2) is 52.1 Å². The Labute approximate surface area is 174 Å². The van der Waals surface area contributed by atoms with Gasteiger partial charge >= 0.3 is 6.03 Å². The van der Waals surface area contributed by atoms with Gasteiger partial charge in [-0.3, -0.25) is 19.7 Å². The lowest BCUT2D eigenvalue weighted by Gasteiger charge is -2.31. The van der Waals surface area contributed by atoms with E-state index in [1.54, 1.807) is 24.3 Å². The number of methoxy groups -OCH3 is 1. The van der Waals surface area contributed by atoms with Gasteiger partial charge in [-0.05, 0) is 30.5 Å². The standard InChI is InChI=1S/C19H24N4O6S/c1-12(24)20-15(13-3-5-14(29-2)6-4-13)11-16(25)23-30(28)9-7-19(8-10-30)17(26)21-18(27)22-19/h3-6,15H,7-11H2,1-2H3,(H,20,24)(H2,21,22,26,27). The Balaban J connectivity index is 1.72. The van der Waals surface area contributed by atoms with Crippen molar-refractivity contribution in [2.24, 2.45) is 4.36 Å². The van der Waals surface area contributed by atoms with E-state index in [9.17, 15) is 23.4 Å². The fourth-order valence-electron chi connectivity index (χ4n) is 3.60. The lowest BCUT2D eigenvalue weighted by Crippen LogP contribution is -2.52. The van der Waals surface area contributed by atoms with Crippen LogP contribution < -0.4 is 20.7 Å². The minimum atomic E-state index is -2.85. The number of ether oxygens (including phenoxy) is 1. The number of nitrogens with zero attached hydrogens (tertiary/aromatic N) is 1. The van der Waals surface area contributed by atoms with E-state index in [-0.39, 0.29) is 36.7 Å². The summed E-state index contributed by atoms with van der Waals surface area (Å²) < 4.78 is 22.1. The number of hydrogen-bond donors (Lipinski definition) is 3. The molecule has 0 aromatic heterocycles. The average molecular weight is 436 g/mol. The molecule has 0 aliphatic carbocycles. The molecule has 162 valence electrons. The molecule has 3 N–H and O–H groups in total. The number of carbonyl (C=O) groups is 4. The quantitative estimate of drug-likeness (QED) is 0.578. The lowest BCUT2D eigenvalue weighted by molar-refractivity contribution is -0.124. The van der Waals surface area contributed by atoms with Crippen LogP contribution in [0.4, 0.5) is 4.79 Å². The molecule has 1 aromatic carbocycles. The maximum atomic E-state index is 13.0. The first-order chi connectivity index (χ1) is 14.1. The highest BCUT2D eigenvalue weighted by Crippen LogP contribution is 2.28. The zero-order valence-corrected chi connectivity index (χ0v) is 17.5. The predicted molar refractivity (Wildman–Crippen MR) is 108 cm³/mol. The van der Waals surface area contributed by atoms with Crippen molar-refractivity contribution in [3.63, 3.8) is 0 Å². The molecule has 1 unspecified atom stereocenters. The molecule has 2 fully saturated rings. The zero-order chi connectivity index (χ0) is 21.9. The number of benzene rings is 1. The molecule has 30 heavy (non-hydrogen) atoms. The van der Waals surface area contributed by atoms with E-state index in [2.05, 4.69) is 20.3 Å². The molecule has 10 nitrogen and oxygen atoms in total. The number of imide groups is 1. The van der Waals surface area contributed by atoms with Gasteiger partial charge in [0.25, 0.3) is 11.8 Å². The van der Waals surface area contributed by atoms with Crippen LogP contribution in [0.25, 0.3) is 0 Å². The Kier molecular flexibility index (Phi) is 6.11. The number of nitrogens with one attached hydrogen (secondary N) is 3. The minimum absolute atomic E-state index is 0.0276. The topological polar surface area (TPSA) is 143 Å². The third-order valence-corrected chi connectivity index (χ3v) is 7.47. The average Bonchev–Trinajstić information content (AvgIpc) is 2.97. The molecular formula is C19H24N4O6S. The molecule has 0 bridgehead atoms. The van der Waals surface area contributed by atoms with E-state index >= 15 is 0 Å². The summed E-state index contributed by atoms with van der Waals surface area (Å²) in [5.41, 5.74) is -0.379. The van der Waals surface area contributed by atoms with Gasteiger partial charge in [-0.25, -0.2) is 9.00 Å². The van der Waals surface area contributed by atoms with E-state index < -0.39 is 39.2 Å². The second-order valence-electron chi connectivity index (χ2n) is 7.39. The first-order valence-corrected chi connectivity index (χ1v) is 11.3. The summed E-state index contributed by atoms with van der Waals surface area (Å²) in [5.74, 6) is -0.649. The Morgan fingerprint density at radius 1 is 1.23 bits per heavy atom. The molecule has 1 spiro atoms. The van der Waals surface area contributed by atoms with Gasteiger partial charge in [0.1, 0.15) is 11.3 Å². The molecule has 11 heteroatoms. The second kappa shape index (κ2) is 8.42. The predicted octanol–water partition coefficient (Wildman–Crippen LogP) is 0.629. The van der Waals surface area contributed by atoms with Gasteiger partial charge in [0.15, 0.2) is 0 Å². The van der Waals surface area contributed by atoms with Crippen molar-refractivity contribution in [1.82, 2.24) is 16.0 Å². The zero-order valence-electron chi connectivity index (χ0n) is 16.7. The first kappa shape index (κ1) is 21.8. The molecule has 3 rings (SSSR count). The highest BCUT2D eigenvalue weighted by molar-refractivity contribution is 7.93. The van der Waals surface area contributed by atoms with Crippen molar-refractivity contribution in [2.75, 3.05) is 18.6 Å². The Morgan fingerprint density at radius 2 is 1.87 bits per heavy atom. The molecule has 2 aliphatic rings. The van der Waals surface area contributed by atoms with E-state index in [0.29, 0.717) is 11.3 Å². The summed E-state index contributed by atoms with van der Waals surface area (Å²) in [7, 11) is -1.31. The number of rotatable bonds is 5. The van der Waals surface area contributed by atoms with Crippen molar-refractivity contribution in [3.8, 4) is 5.75 Å². The van der Waals surface area contributed by atoms with Crippen LogP contribution in [0.3, 0.4) is 0 Å². The van der Waals surface area contributed by atoms with Gasteiger partial charge in [0, 0.05) is 18.4 Å². The normalized spacial score (nSPS) is 26.5. The fourth-order valence-corrected chi connectivity index (χ4v) is 5.76. The Hall–Kier alpha value is -2.95. The maximum absolute atomic E-state index is 13.0. The van der Waals surface area contributed by atoms with Gasteiger partial charge in [-0.2, -0.15) is 4.36 Å². The van der Waals surface area contributed by atoms with Crippen LogP contribution in [-0.2, 0) is 24.1 Å². The van der Waals surface area contributed by atoms with Crippen molar-refractivity contribution < 1.29 is 28.1 Å². The van der Waals surface area contributed by atoms with Crippen molar-refractivity contribution in [2.45, 2.75) is 37.8 Å². The summed E-state index contributed by atoms with van der Waals surface area (Å²) in [4.78, 5) is 47.6. The molecule has 2 aliphatic heterocycles. The Morgan fingerprint density at radius 3 is 2.37 bits per heavy atom. The van der Waals surface area contributed by atoms with Gasteiger partial charge in [-0.15, -0.1) is 0 Å². The molecule has 0 saturated carbocycles. The van der Waals surface area contributed by atoms with Gasteiger partial charge in [0.05, 0.1) is 29.3 Å².